The van der Waals surface area contributed by atoms with Crippen LogP contribution in [0.2, 0.25) is 10.0 Å². The Morgan fingerprint density at radius 1 is 1.27 bits per heavy atom. The van der Waals surface area contributed by atoms with Crippen molar-refractivity contribution in [2.75, 3.05) is 11.5 Å². The standard InChI is InChI=1S/C17H13Cl2N5OS/c1-9(10-2-3-13(18)14(19)5-10)23-15(25)8-26-17-12(7-21)4-11(6-20)16(22)24-17/h2-5,9H,8H2,1H3,(H2,22,24)(H,23,25)/p+1/t9-/m1/s1. The number of carbonyl (C=O) groups is 1. The van der Waals surface area contributed by atoms with Crippen molar-refractivity contribution < 1.29 is 9.78 Å². The molecule has 0 saturated heterocycles. The molecule has 0 aliphatic carbocycles. The highest BCUT2D eigenvalue weighted by Gasteiger charge is 2.17. The second-order valence-corrected chi connectivity index (χ2v) is 7.11. The highest BCUT2D eigenvalue weighted by atomic mass is 35.5. The molecule has 1 aromatic carbocycles. The van der Waals surface area contributed by atoms with E-state index in [1.807, 2.05) is 19.1 Å². The zero-order chi connectivity index (χ0) is 19.3. The van der Waals surface area contributed by atoms with Crippen LogP contribution in [-0.4, -0.2) is 11.7 Å². The van der Waals surface area contributed by atoms with E-state index in [1.54, 1.807) is 18.2 Å². The smallest absolute Gasteiger partial charge is 0.289 e. The van der Waals surface area contributed by atoms with E-state index in [-0.39, 0.29) is 34.6 Å². The van der Waals surface area contributed by atoms with Gasteiger partial charge in [0.1, 0.15) is 23.3 Å². The van der Waals surface area contributed by atoms with Crippen LogP contribution >= 0.6 is 35.0 Å². The molecule has 0 bridgehead atoms. The maximum atomic E-state index is 12.2. The lowest BCUT2D eigenvalue weighted by atomic mass is 10.1. The molecule has 0 aliphatic rings. The number of nitrogens with two attached hydrogens (primary N) is 1. The number of hydrogen-bond donors (Lipinski definition) is 2. The minimum atomic E-state index is -0.261. The van der Waals surface area contributed by atoms with E-state index >= 15 is 0 Å². The van der Waals surface area contributed by atoms with Gasteiger partial charge < -0.3 is 5.32 Å². The third-order valence-corrected chi connectivity index (χ3v) is 5.24. The average molecular weight is 407 g/mol. The summed E-state index contributed by atoms with van der Waals surface area (Å²) in [5.41, 5.74) is 6.98. The number of thioether (sulfide) groups is 1. The highest BCUT2D eigenvalue weighted by Crippen LogP contribution is 2.26. The molecule has 1 atom stereocenters. The minimum absolute atomic E-state index is 0.0716. The van der Waals surface area contributed by atoms with Gasteiger partial charge in [0, 0.05) is 0 Å². The van der Waals surface area contributed by atoms with Crippen LogP contribution in [0.4, 0.5) is 5.82 Å². The topological polar surface area (TPSA) is 117 Å². The lowest BCUT2D eigenvalue weighted by Gasteiger charge is -2.14. The summed E-state index contributed by atoms with van der Waals surface area (Å²) < 4.78 is 0. The van der Waals surface area contributed by atoms with E-state index in [4.69, 9.17) is 34.2 Å². The number of anilines is 1. The quantitative estimate of drug-likeness (QED) is 0.739. The van der Waals surface area contributed by atoms with Gasteiger partial charge in [-0.15, -0.1) is 0 Å². The number of benzene rings is 1. The summed E-state index contributed by atoms with van der Waals surface area (Å²) in [6.45, 7) is 1.83. The highest BCUT2D eigenvalue weighted by molar-refractivity contribution is 7.99. The Kier molecular flexibility index (Phi) is 6.70. The number of amides is 1. The van der Waals surface area contributed by atoms with E-state index in [1.165, 1.54) is 6.07 Å². The lowest BCUT2D eigenvalue weighted by molar-refractivity contribution is -0.410. The number of nitrogens with one attached hydrogen (secondary N) is 2. The molecule has 2 aromatic rings. The van der Waals surface area contributed by atoms with Gasteiger partial charge in [-0.3, -0.25) is 10.5 Å². The van der Waals surface area contributed by atoms with Crippen LogP contribution in [-0.2, 0) is 4.79 Å². The fourth-order valence-electron chi connectivity index (χ4n) is 2.12. The van der Waals surface area contributed by atoms with Gasteiger partial charge in [-0.05, 0) is 30.7 Å². The van der Waals surface area contributed by atoms with Crippen LogP contribution in [0, 0.1) is 22.7 Å². The third kappa shape index (κ3) is 4.80. The molecule has 0 saturated carbocycles. The molecule has 1 aromatic heterocycles. The number of nitrogen functional groups attached to an aromatic ring is 1. The molecule has 4 N–H and O–H groups in total. The molecule has 0 radical (unpaired) electrons. The lowest BCUT2D eigenvalue weighted by Crippen LogP contribution is -2.28. The monoisotopic (exact) mass is 406 g/mol. The van der Waals surface area contributed by atoms with Crippen molar-refractivity contribution in [3.63, 3.8) is 0 Å². The normalized spacial score (nSPS) is 11.3. The van der Waals surface area contributed by atoms with Gasteiger partial charge in [-0.25, -0.2) is 4.98 Å². The third-order valence-electron chi connectivity index (χ3n) is 3.48. The number of nitriles is 2. The van der Waals surface area contributed by atoms with Crippen molar-refractivity contribution in [2.45, 2.75) is 18.0 Å². The van der Waals surface area contributed by atoms with Gasteiger partial charge in [-0.1, -0.05) is 41.0 Å². The van der Waals surface area contributed by atoms with Gasteiger partial charge in [0.15, 0.2) is 5.03 Å². The number of pyridine rings is 1. The number of aromatic amines is 1. The molecule has 1 heterocycles. The summed E-state index contributed by atoms with van der Waals surface area (Å²) in [6.07, 6.45) is 0. The van der Waals surface area contributed by atoms with Crippen LogP contribution in [0.5, 0.6) is 0 Å². The first-order chi connectivity index (χ1) is 12.3. The molecular formula is C17H14Cl2N5OS+. The maximum Gasteiger partial charge on any atom is 0.289 e. The van der Waals surface area contributed by atoms with Crippen molar-refractivity contribution in [1.29, 1.82) is 10.5 Å². The first-order valence-electron chi connectivity index (χ1n) is 7.38. The number of carbonyl (C=O) groups excluding carboxylic acids is 1. The summed E-state index contributed by atoms with van der Waals surface area (Å²) in [5.74, 6) is -0.00489. The van der Waals surface area contributed by atoms with E-state index in [9.17, 15) is 10.1 Å². The molecule has 26 heavy (non-hydrogen) atoms. The van der Waals surface area contributed by atoms with Crippen LogP contribution < -0.4 is 16.0 Å². The van der Waals surface area contributed by atoms with E-state index in [0.717, 1.165) is 17.3 Å². The van der Waals surface area contributed by atoms with Crippen molar-refractivity contribution in [3.8, 4) is 12.1 Å². The van der Waals surface area contributed by atoms with Gasteiger partial charge in [0.25, 0.3) is 5.82 Å². The Morgan fingerprint density at radius 2 is 1.96 bits per heavy atom. The van der Waals surface area contributed by atoms with E-state index in [2.05, 4.69) is 10.3 Å². The Morgan fingerprint density at radius 3 is 2.58 bits per heavy atom. The molecule has 2 rings (SSSR count). The summed E-state index contributed by atoms with van der Waals surface area (Å²) in [6, 6.07) is 10.2. The Bertz CT molecular complexity index is 936. The predicted octanol–water partition coefficient (Wildman–Crippen LogP) is 3.10. The number of rotatable bonds is 5. The fourth-order valence-corrected chi connectivity index (χ4v) is 3.23. The minimum Gasteiger partial charge on any atom is -0.349 e. The van der Waals surface area contributed by atoms with E-state index < -0.39 is 0 Å². The van der Waals surface area contributed by atoms with Crippen LogP contribution in [0.25, 0.3) is 0 Å². The molecule has 132 valence electrons. The Balaban J connectivity index is 2.03. The van der Waals surface area contributed by atoms with Crippen molar-refractivity contribution in [1.82, 2.24) is 5.32 Å². The summed E-state index contributed by atoms with van der Waals surface area (Å²) in [4.78, 5) is 15.0. The van der Waals surface area contributed by atoms with E-state index in [0.29, 0.717) is 15.1 Å². The zero-order valence-electron chi connectivity index (χ0n) is 13.6. The molecule has 9 heteroatoms. The number of aromatic nitrogens is 1. The van der Waals surface area contributed by atoms with Crippen molar-refractivity contribution in [3.05, 3.63) is 51.0 Å². The average Bonchev–Trinajstić information content (AvgIpc) is 2.62. The zero-order valence-corrected chi connectivity index (χ0v) is 16.0. The fraction of sp³-hybridized carbons (Fsp3) is 0.176. The number of halogens is 2. The molecular weight excluding hydrogens is 393 g/mol. The second kappa shape index (κ2) is 8.77. The predicted molar refractivity (Wildman–Crippen MR) is 101 cm³/mol. The van der Waals surface area contributed by atoms with Crippen LogP contribution in [0.1, 0.15) is 29.7 Å². The largest absolute Gasteiger partial charge is 0.349 e. The summed E-state index contributed by atoms with van der Waals surface area (Å²) in [7, 11) is 0. The van der Waals surface area contributed by atoms with Crippen molar-refractivity contribution in [2.24, 2.45) is 0 Å². The maximum absolute atomic E-state index is 12.2. The number of hydrogen-bond acceptors (Lipinski definition) is 5. The van der Waals surface area contributed by atoms with Crippen molar-refractivity contribution >= 4 is 46.7 Å². The second-order valence-electron chi connectivity index (χ2n) is 5.31. The molecule has 6 nitrogen and oxygen atoms in total. The SMILES string of the molecule is C[C@@H](NC(=O)CSc1[nH+]c(N)c(C#N)cc1C#N)c1ccc(Cl)c(Cl)c1. The van der Waals surface area contributed by atoms with Gasteiger partial charge in [0.2, 0.25) is 5.91 Å². The molecule has 0 fully saturated rings. The van der Waals surface area contributed by atoms with Gasteiger partial charge in [-0.2, -0.15) is 10.5 Å². The van der Waals surface area contributed by atoms with Crippen LogP contribution in [0.3, 0.4) is 0 Å². The van der Waals surface area contributed by atoms with Crippen LogP contribution in [0.15, 0.2) is 29.3 Å². The molecule has 0 spiro atoms. The Labute approximate surface area is 164 Å². The van der Waals surface area contributed by atoms with Gasteiger partial charge in [0.05, 0.1) is 21.8 Å². The number of H-pyrrole nitrogens is 1. The molecule has 0 aliphatic heterocycles. The summed E-state index contributed by atoms with van der Waals surface area (Å²) >= 11 is 13.0. The Hall–Kier alpha value is -2.45. The molecule has 1 amide bonds. The first-order valence-corrected chi connectivity index (χ1v) is 9.13. The molecule has 0 unspecified atom stereocenters. The first kappa shape index (κ1) is 19.9. The van der Waals surface area contributed by atoms with Gasteiger partial charge >= 0.3 is 0 Å². The summed E-state index contributed by atoms with van der Waals surface area (Å²) in [5, 5.41) is 22.3. The number of nitrogens with zero attached hydrogens (tertiary/aromatic N) is 2.